The van der Waals surface area contributed by atoms with Gasteiger partial charge in [-0.25, -0.2) is 0 Å². The van der Waals surface area contributed by atoms with Crippen LogP contribution in [0, 0.1) is 0 Å². The summed E-state index contributed by atoms with van der Waals surface area (Å²) in [5.74, 6) is 0.301. The number of carbonyl (C=O) groups excluding carboxylic acids is 2. The van der Waals surface area contributed by atoms with Crippen LogP contribution in [0.25, 0.3) is 28.8 Å². The number of benzene rings is 2. The Balaban J connectivity index is 1.57. The highest BCUT2D eigenvalue weighted by molar-refractivity contribution is 6.41. The van der Waals surface area contributed by atoms with Crippen LogP contribution in [0.5, 0.6) is 0 Å². The van der Waals surface area contributed by atoms with Crippen LogP contribution < -0.4 is 0 Å². The molecule has 0 saturated heterocycles. The van der Waals surface area contributed by atoms with Gasteiger partial charge in [-0.15, -0.1) is 0 Å². The molecule has 27 heavy (non-hydrogen) atoms. The predicted octanol–water partition coefficient (Wildman–Crippen LogP) is 3.69. The lowest BCUT2D eigenvalue weighted by Gasteiger charge is -2.00. The molecule has 2 aromatic carbocycles. The van der Waals surface area contributed by atoms with E-state index in [-0.39, 0.29) is 23.0 Å². The van der Waals surface area contributed by atoms with E-state index < -0.39 is 0 Å². The summed E-state index contributed by atoms with van der Waals surface area (Å²) < 4.78 is 7.51. The lowest BCUT2D eigenvalue weighted by atomic mass is 10.1. The monoisotopic (exact) mass is 355 g/mol. The second-order valence-electron chi connectivity index (χ2n) is 6.30. The van der Waals surface area contributed by atoms with E-state index in [4.69, 9.17) is 4.42 Å². The summed E-state index contributed by atoms with van der Waals surface area (Å²) in [6.45, 7) is 0. The number of fused-ring (bicyclic) bond motifs is 2. The van der Waals surface area contributed by atoms with Crippen molar-refractivity contribution in [2.24, 2.45) is 7.05 Å². The number of Topliss-reactive ketones (excluding diaryl/α,β-unsaturated/α-hetero) is 2. The molecule has 0 fully saturated rings. The highest BCUT2D eigenvalue weighted by Gasteiger charge is 2.33. The quantitative estimate of drug-likeness (QED) is 0.405. The summed E-state index contributed by atoms with van der Waals surface area (Å²) in [5.41, 5.74) is 2.74. The standard InChI is InChI=1S/C21H13N3O3/c1-24-19(12-7-3-2-4-8-12)23-21-20(24)22-16(27-21)11-15-17(25)13-9-5-6-10-14(13)18(15)26/h2-11H,1H3. The Morgan fingerprint density at radius 1 is 0.889 bits per heavy atom. The molecule has 2 aromatic heterocycles. The molecule has 6 heteroatoms. The van der Waals surface area contributed by atoms with Gasteiger partial charge < -0.3 is 8.98 Å². The largest absolute Gasteiger partial charge is 0.417 e. The molecule has 2 heterocycles. The number of aryl methyl sites for hydroxylation is 1. The van der Waals surface area contributed by atoms with E-state index in [9.17, 15) is 9.59 Å². The van der Waals surface area contributed by atoms with E-state index in [2.05, 4.69) is 9.97 Å². The minimum absolute atomic E-state index is 0.0611. The first-order chi connectivity index (χ1) is 13.1. The van der Waals surface area contributed by atoms with E-state index >= 15 is 0 Å². The molecule has 0 aliphatic heterocycles. The molecule has 0 spiro atoms. The van der Waals surface area contributed by atoms with Crippen molar-refractivity contribution >= 4 is 29.0 Å². The Labute approximate surface area is 153 Å². The van der Waals surface area contributed by atoms with Crippen molar-refractivity contribution < 1.29 is 14.0 Å². The smallest absolute Gasteiger partial charge is 0.267 e. The van der Waals surface area contributed by atoms with Crippen LogP contribution in [0.15, 0.2) is 64.6 Å². The van der Waals surface area contributed by atoms with Gasteiger partial charge in [0.2, 0.25) is 11.5 Å². The fraction of sp³-hybridized carbons (Fsp3) is 0.0476. The van der Waals surface area contributed by atoms with Gasteiger partial charge in [-0.05, 0) is 0 Å². The van der Waals surface area contributed by atoms with Crippen molar-refractivity contribution in [1.82, 2.24) is 14.5 Å². The number of ketones is 2. The van der Waals surface area contributed by atoms with Crippen molar-refractivity contribution in [3.63, 3.8) is 0 Å². The van der Waals surface area contributed by atoms with E-state index in [1.54, 1.807) is 24.3 Å². The minimum Gasteiger partial charge on any atom is -0.417 e. The number of aromatic nitrogens is 3. The maximum atomic E-state index is 12.5. The van der Waals surface area contributed by atoms with Crippen LogP contribution >= 0.6 is 0 Å². The fourth-order valence-corrected chi connectivity index (χ4v) is 3.32. The summed E-state index contributed by atoms with van der Waals surface area (Å²) in [7, 11) is 1.85. The molecule has 0 amide bonds. The molecule has 5 rings (SSSR count). The minimum atomic E-state index is -0.309. The number of oxazole rings is 1. The molecule has 0 unspecified atom stereocenters. The Bertz CT molecular complexity index is 1230. The van der Waals surface area contributed by atoms with E-state index in [0.29, 0.717) is 22.5 Å². The summed E-state index contributed by atoms with van der Waals surface area (Å²) in [4.78, 5) is 33.9. The molecular formula is C21H13N3O3. The number of rotatable bonds is 2. The third-order valence-corrected chi connectivity index (χ3v) is 4.66. The van der Waals surface area contributed by atoms with Crippen molar-refractivity contribution in [3.8, 4) is 11.4 Å². The van der Waals surface area contributed by atoms with Crippen LogP contribution in [0.1, 0.15) is 26.6 Å². The molecule has 0 saturated carbocycles. The van der Waals surface area contributed by atoms with Crippen molar-refractivity contribution in [2.45, 2.75) is 0 Å². The highest BCUT2D eigenvalue weighted by atomic mass is 16.4. The zero-order chi connectivity index (χ0) is 18.5. The summed E-state index contributed by atoms with van der Waals surface area (Å²) in [6.07, 6.45) is 1.40. The number of hydrogen-bond acceptors (Lipinski definition) is 5. The van der Waals surface area contributed by atoms with Crippen molar-refractivity contribution in [1.29, 1.82) is 0 Å². The lowest BCUT2D eigenvalue weighted by Crippen LogP contribution is -2.00. The van der Waals surface area contributed by atoms with Gasteiger partial charge in [0.05, 0.1) is 5.57 Å². The van der Waals surface area contributed by atoms with Gasteiger partial charge in [0.15, 0.2) is 11.6 Å². The Morgan fingerprint density at radius 3 is 2.15 bits per heavy atom. The molecule has 6 nitrogen and oxygen atoms in total. The van der Waals surface area contributed by atoms with Crippen LogP contribution in [0.2, 0.25) is 0 Å². The maximum Gasteiger partial charge on any atom is 0.267 e. The molecule has 0 radical (unpaired) electrons. The average molecular weight is 355 g/mol. The molecule has 4 aromatic rings. The molecule has 0 atom stereocenters. The first-order valence-electron chi connectivity index (χ1n) is 8.42. The van der Waals surface area contributed by atoms with Crippen LogP contribution in [0.3, 0.4) is 0 Å². The van der Waals surface area contributed by atoms with Gasteiger partial charge in [0.25, 0.3) is 5.71 Å². The lowest BCUT2D eigenvalue weighted by molar-refractivity contribution is 0.0990. The van der Waals surface area contributed by atoms with Gasteiger partial charge in [-0.2, -0.15) is 9.97 Å². The third-order valence-electron chi connectivity index (χ3n) is 4.66. The maximum absolute atomic E-state index is 12.5. The van der Waals surface area contributed by atoms with E-state index in [1.807, 2.05) is 41.9 Å². The van der Waals surface area contributed by atoms with Gasteiger partial charge in [-0.3, -0.25) is 9.59 Å². The van der Waals surface area contributed by atoms with Crippen LogP contribution in [-0.4, -0.2) is 26.1 Å². The van der Waals surface area contributed by atoms with Gasteiger partial charge in [0.1, 0.15) is 5.82 Å². The molecule has 0 bridgehead atoms. The average Bonchev–Trinajstić information content (AvgIpc) is 3.31. The van der Waals surface area contributed by atoms with Crippen LogP contribution in [-0.2, 0) is 7.05 Å². The fourth-order valence-electron chi connectivity index (χ4n) is 3.32. The topological polar surface area (TPSA) is 78.0 Å². The van der Waals surface area contributed by atoms with Crippen molar-refractivity contribution in [2.75, 3.05) is 0 Å². The van der Waals surface area contributed by atoms with Gasteiger partial charge >= 0.3 is 0 Å². The Morgan fingerprint density at radius 2 is 1.52 bits per heavy atom. The summed E-state index contributed by atoms with van der Waals surface area (Å²) in [6, 6.07) is 16.5. The number of imidazole rings is 1. The molecule has 1 aliphatic carbocycles. The van der Waals surface area contributed by atoms with Gasteiger partial charge in [0, 0.05) is 29.8 Å². The number of carbonyl (C=O) groups is 2. The highest BCUT2D eigenvalue weighted by Crippen LogP contribution is 2.29. The normalized spacial score (nSPS) is 13.4. The number of allylic oxidation sites excluding steroid dienone is 1. The molecular weight excluding hydrogens is 342 g/mol. The zero-order valence-corrected chi connectivity index (χ0v) is 14.3. The summed E-state index contributed by atoms with van der Waals surface area (Å²) in [5, 5.41) is 0. The molecule has 0 N–H and O–H groups in total. The molecule has 130 valence electrons. The first kappa shape index (κ1) is 15.5. The second-order valence-corrected chi connectivity index (χ2v) is 6.30. The van der Waals surface area contributed by atoms with Gasteiger partial charge in [-0.1, -0.05) is 54.6 Å². The molecule has 1 aliphatic rings. The Kier molecular flexibility index (Phi) is 3.21. The predicted molar refractivity (Wildman–Crippen MR) is 99.3 cm³/mol. The SMILES string of the molecule is Cn1c(-c2ccccc2)nc2oc(C=C3C(=O)c4ccccc4C3=O)nc21. The zero-order valence-electron chi connectivity index (χ0n) is 14.3. The van der Waals surface area contributed by atoms with E-state index in [0.717, 1.165) is 11.4 Å². The number of nitrogens with zero attached hydrogens (tertiary/aromatic N) is 3. The second kappa shape index (κ2) is 5.60. The number of hydrogen-bond donors (Lipinski definition) is 0. The van der Waals surface area contributed by atoms with E-state index in [1.165, 1.54) is 6.08 Å². The first-order valence-corrected chi connectivity index (χ1v) is 8.42. The Hall–Kier alpha value is -3.80. The van der Waals surface area contributed by atoms with Crippen LogP contribution in [0.4, 0.5) is 0 Å². The summed E-state index contributed by atoms with van der Waals surface area (Å²) >= 11 is 0. The van der Waals surface area contributed by atoms with Crippen molar-refractivity contribution in [3.05, 3.63) is 77.2 Å². The third kappa shape index (κ3) is 2.27.